The smallest absolute Gasteiger partial charge is 0.243 e. The van der Waals surface area contributed by atoms with Gasteiger partial charge in [-0.25, -0.2) is 0 Å². The van der Waals surface area contributed by atoms with Gasteiger partial charge in [0.2, 0.25) is 11.7 Å². The van der Waals surface area contributed by atoms with Crippen LogP contribution in [0.2, 0.25) is 0 Å². The summed E-state index contributed by atoms with van der Waals surface area (Å²) in [6, 6.07) is 3.82. The summed E-state index contributed by atoms with van der Waals surface area (Å²) in [7, 11) is 0. The predicted octanol–water partition coefficient (Wildman–Crippen LogP) is 0.441. The van der Waals surface area contributed by atoms with E-state index < -0.39 is 0 Å². The van der Waals surface area contributed by atoms with E-state index in [2.05, 4.69) is 30.9 Å². The van der Waals surface area contributed by atoms with Crippen LogP contribution in [0.4, 0.5) is 0 Å². The van der Waals surface area contributed by atoms with Gasteiger partial charge in [0.05, 0.1) is 11.1 Å². The molecule has 0 atom stereocenters. The van der Waals surface area contributed by atoms with Crippen molar-refractivity contribution in [3.8, 4) is 10.7 Å². The Morgan fingerprint density at radius 1 is 1.50 bits per heavy atom. The van der Waals surface area contributed by atoms with Crippen LogP contribution in [0.1, 0.15) is 5.56 Å². The van der Waals surface area contributed by atoms with Gasteiger partial charge in [-0.15, -0.1) is 21.5 Å². The van der Waals surface area contributed by atoms with Crippen molar-refractivity contribution < 1.29 is 4.79 Å². The second-order valence-electron chi connectivity index (χ2n) is 4.00. The maximum absolute atomic E-state index is 11.7. The molecule has 0 aliphatic rings. The van der Waals surface area contributed by atoms with Gasteiger partial charge in [-0.1, -0.05) is 6.07 Å². The number of amides is 1. The lowest BCUT2D eigenvalue weighted by atomic mass is 10.3. The monoisotopic (exact) mass is 289 g/mol. The second kappa shape index (κ2) is 5.61. The van der Waals surface area contributed by atoms with Gasteiger partial charge in [-0.05, 0) is 16.7 Å². The average molecular weight is 289 g/mol. The van der Waals surface area contributed by atoms with Crippen LogP contribution in [0.15, 0.2) is 29.9 Å². The number of nitrogens with zero attached hydrogens (tertiary/aromatic N) is 5. The van der Waals surface area contributed by atoms with Crippen LogP contribution in [0.3, 0.4) is 0 Å². The highest BCUT2D eigenvalue weighted by Gasteiger charge is 2.09. The zero-order valence-electron chi connectivity index (χ0n) is 10.4. The average Bonchev–Trinajstić information content (AvgIpc) is 3.18. The molecular weight excluding hydrogens is 278 g/mol. The Morgan fingerprint density at radius 3 is 3.20 bits per heavy atom. The number of hydrogen-bond donors (Lipinski definition) is 2. The minimum Gasteiger partial charge on any atom is -0.350 e. The van der Waals surface area contributed by atoms with Gasteiger partial charge in [0.25, 0.3) is 0 Å². The van der Waals surface area contributed by atoms with Crippen molar-refractivity contribution in [2.24, 2.45) is 0 Å². The summed E-state index contributed by atoms with van der Waals surface area (Å²) in [5, 5.41) is 23.1. The number of tetrazole rings is 1. The molecule has 3 heterocycles. The molecule has 0 aliphatic carbocycles. The molecule has 1 amide bonds. The molecule has 3 rings (SSSR count). The fourth-order valence-corrected chi connectivity index (χ4v) is 2.22. The Kier molecular flexibility index (Phi) is 3.50. The summed E-state index contributed by atoms with van der Waals surface area (Å²) >= 11 is 1.53. The highest BCUT2D eigenvalue weighted by atomic mass is 32.1. The molecule has 20 heavy (non-hydrogen) atoms. The van der Waals surface area contributed by atoms with E-state index in [0.29, 0.717) is 12.4 Å². The Bertz CT molecular complexity index is 674. The van der Waals surface area contributed by atoms with Crippen LogP contribution >= 0.6 is 11.3 Å². The lowest BCUT2D eigenvalue weighted by Crippen LogP contribution is -2.27. The Morgan fingerprint density at radius 2 is 2.45 bits per heavy atom. The van der Waals surface area contributed by atoms with E-state index in [-0.39, 0.29) is 12.5 Å². The molecule has 0 radical (unpaired) electrons. The van der Waals surface area contributed by atoms with Crippen LogP contribution in [0.5, 0.6) is 0 Å². The summed E-state index contributed by atoms with van der Waals surface area (Å²) < 4.78 is 0. The number of carbonyl (C=O) groups is 1. The molecule has 0 fully saturated rings. The summed E-state index contributed by atoms with van der Waals surface area (Å²) in [4.78, 5) is 13.9. The van der Waals surface area contributed by atoms with E-state index in [0.717, 1.165) is 10.4 Å². The third-order valence-corrected chi connectivity index (χ3v) is 3.39. The number of rotatable bonds is 5. The van der Waals surface area contributed by atoms with Crippen LogP contribution in [-0.2, 0) is 17.9 Å². The van der Waals surface area contributed by atoms with E-state index in [1.54, 1.807) is 12.4 Å². The fourth-order valence-electron chi connectivity index (χ4n) is 1.57. The molecule has 0 aliphatic heterocycles. The number of carbonyl (C=O) groups excluding carboxylic acids is 1. The first-order chi connectivity index (χ1) is 9.81. The Labute approximate surface area is 117 Å². The number of hydrogen-bond acceptors (Lipinski definition) is 6. The van der Waals surface area contributed by atoms with Gasteiger partial charge in [-0.2, -0.15) is 9.90 Å². The van der Waals surface area contributed by atoms with Crippen LogP contribution < -0.4 is 5.32 Å². The molecular formula is C11H11N7OS. The molecule has 0 bridgehead atoms. The highest BCUT2D eigenvalue weighted by Crippen LogP contribution is 2.19. The molecule has 3 aromatic heterocycles. The largest absolute Gasteiger partial charge is 0.350 e. The summed E-state index contributed by atoms with van der Waals surface area (Å²) in [5.74, 6) is 0.351. The van der Waals surface area contributed by atoms with E-state index in [1.807, 2.05) is 17.5 Å². The van der Waals surface area contributed by atoms with Crippen molar-refractivity contribution in [3.63, 3.8) is 0 Å². The molecule has 102 valence electrons. The van der Waals surface area contributed by atoms with Gasteiger partial charge in [0, 0.05) is 18.3 Å². The van der Waals surface area contributed by atoms with E-state index >= 15 is 0 Å². The first kappa shape index (κ1) is 12.5. The quantitative estimate of drug-likeness (QED) is 0.709. The third kappa shape index (κ3) is 2.88. The zero-order valence-corrected chi connectivity index (χ0v) is 11.2. The van der Waals surface area contributed by atoms with Crippen molar-refractivity contribution in [1.29, 1.82) is 0 Å². The van der Waals surface area contributed by atoms with Crippen molar-refractivity contribution >= 4 is 17.2 Å². The van der Waals surface area contributed by atoms with E-state index in [4.69, 9.17) is 0 Å². The molecule has 0 aromatic carbocycles. The van der Waals surface area contributed by atoms with Crippen molar-refractivity contribution in [3.05, 3.63) is 35.5 Å². The van der Waals surface area contributed by atoms with Gasteiger partial charge < -0.3 is 5.32 Å². The first-order valence-corrected chi connectivity index (χ1v) is 6.75. The maximum atomic E-state index is 11.7. The molecule has 8 nitrogen and oxygen atoms in total. The topological polar surface area (TPSA) is 101 Å². The normalized spacial score (nSPS) is 10.6. The third-order valence-electron chi connectivity index (χ3n) is 2.52. The minimum absolute atomic E-state index is 0.0379. The van der Waals surface area contributed by atoms with Gasteiger partial charge in [0.15, 0.2) is 0 Å². The number of nitrogens with one attached hydrogen (secondary N) is 2. The molecule has 3 aromatic rings. The van der Waals surface area contributed by atoms with Gasteiger partial charge in [-0.3, -0.25) is 9.89 Å². The van der Waals surface area contributed by atoms with Gasteiger partial charge in [0.1, 0.15) is 6.54 Å². The standard InChI is InChI=1S/C11H11N7OS/c19-10(12-4-8-5-13-14-6-8)7-18-16-11(15-17-18)9-2-1-3-20-9/h1-3,5-6H,4,7H2,(H,12,19)(H,13,14). The van der Waals surface area contributed by atoms with Crippen LogP contribution in [-0.4, -0.2) is 36.3 Å². The molecule has 0 saturated heterocycles. The fraction of sp³-hybridized carbons (Fsp3) is 0.182. The predicted molar refractivity (Wildman–Crippen MR) is 71.6 cm³/mol. The molecule has 0 spiro atoms. The maximum Gasteiger partial charge on any atom is 0.243 e. The van der Waals surface area contributed by atoms with Crippen molar-refractivity contribution in [2.75, 3.05) is 0 Å². The number of aromatic nitrogens is 6. The molecule has 2 N–H and O–H groups in total. The molecule has 9 heteroatoms. The second-order valence-corrected chi connectivity index (χ2v) is 4.95. The number of thiophene rings is 1. The molecule has 0 saturated carbocycles. The molecule has 0 unspecified atom stereocenters. The first-order valence-electron chi connectivity index (χ1n) is 5.87. The van der Waals surface area contributed by atoms with E-state index in [9.17, 15) is 4.79 Å². The SMILES string of the molecule is O=C(Cn1nnc(-c2cccs2)n1)NCc1cn[nH]c1. The summed E-state index contributed by atoms with van der Waals surface area (Å²) in [6.07, 6.45) is 3.38. The highest BCUT2D eigenvalue weighted by molar-refractivity contribution is 7.13. The number of H-pyrrole nitrogens is 1. The summed E-state index contributed by atoms with van der Waals surface area (Å²) in [5.41, 5.74) is 0.907. The van der Waals surface area contributed by atoms with Crippen molar-refractivity contribution in [2.45, 2.75) is 13.1 Å². The van der Waals surface area contributed by atoms with Gasteiger partial charge >= 0.3 is 0 Å². The minimum atomic E-state index is -0.179. The van der Waals surface area contributed by atoms with Crippen molar-refractivity contribution in [1.82, 2.24) is 35.7 Å². The number of aromatic amines is 1. The lowest BCUT2D eigenvalue weighted by Gasteiger charge is -2.01. The van der Waals surface area contributed by atoms with E-state index in [1.165, 1.54) is 16.1 Å². The van der Waals surface area contributed by atoms with Crippen LogP contribution in [0.25, 0.3) is 10.7 Å². The Balaban J connectivity index is 1.56. The van der Waals surface area contributed by atoms with Crippen LogP contribution in [0, 0.1) is 0 Å². The Hall–Kier alpha value is -2.55. The summed E-state index contributed by atoms with van der Waals surface area (Å²) in [6.45, 7) is 0.456. The zero-order chi connectivity index (χ0) is 13.8. The lowest BCUT2D eigenvalue weighted by molar-refractivity contribution is -0.122.